The number of phosphoric acid groups is 1. The van der Waals surface area contributed by atoms with Gasteiger partial charge in [0.1, 0.15) is 12.4 Å². The minimum absolute atomic E-state index is 0.0441. The Balaban J connectivity index is 2.30. The van der Waals surface area contributed by atoms with E-state index in [-0.39, 0.29) is 11.6 Å². The number of furan rings is 1. The van der Waals surface area contributed by atoms with Gasteiger partial charge in [0.2, 0.25) is 5.88 Å². The predicted molar refractivity (Wildman–Crippen MR) is 62.1 cm³/mol. The summed E-state index contributed by atoms with van der Waals surface area (Å²) in [5.41, 5.74) is -0.928. The number of nitrogens with zero attached hydrogens (tertiary/aromatic N) is 1. The molecule has 2 aromatic rings. The van der Waals surface area contributed by atoms with Crippen LogP contribution < -0.4 is 21.0 Å². The average Bonchev–Trinajstić information content (AvgIpc) is 2.79. The van der Waals surface area contributed by atoms with Crippen molar-refractivity contribution in [3.8, 4) is 5.88 Å². The van der Waals surface area contributed by atoms with Crippen molar-refractivity contribution in [2.45, 2.75) is 13.5 Å². The van der Waals surface area contributed by atoms with E-state index in [2.05, 4.69) is 9.51 Å². The molecule has 0 aliphatic rings. The van der Waals surface area contributed by atoms with Gasteiger partial charge < -0.3 is 23.3 Å². The zero-order valence-electron chi connectivity index (χ0n) is 10.2. The first kappa shape index (κ1) is 14.5. The molecule has 0 fully saturated rings. The Kier molecular flexibility index (Phi) is 3.78. The number of aryl methyl sites for hydroxylation is 1. The Morgan fingerprint density at radius 2 is 2.10 bits per heavy atom. The van der Waals surface area contributed by atoms with Crippen molar-refractivity contribution in [1.29, 1.82) is 0 Å². The average molecular weight is 300 g/mol. The molecule has 0 radical (unpaired) electrons. The zero-order valence-corrected chi connectivity index (χ0v) is 11.1. The second-order valence-electron chi connectivity index (χ2n) is 3.90. The van der Waals surface area contributed by atoms with Gasteiger partial charge in [-0.2, -0.15) is 0 Å². The SMILES string of the molecule is Cc1cn(-c2ccc(COP(=O)([O-])[O-])o2)c(=O)[nH]c1=O. The quantitative estimate of drug-likeness (QED) is 0.697. The lowest BCUT2D eigenvalue weighted by atomic mass is 10.4. The Morgan fingerprint density at radius 1 is 1.40 bits per heavy atom. The maximum Gasteiger partial charge on any atom is 0.335 e. The van der Waals surface area contributed by atoms with Crippen LogP contribution in [0, 0.1) is 6.92 Å². The third-order valence-corrected chi connectivity index (χ3v) is 2.82. The number of aromatic nitrogens is 2. The van der Waals surface area contributed by atoms with Crippen LogP contribution in [-0.4, -0.2) is 9.55 Å². The van der Waals surface area contributed by atoms with Crippen LogP contribution in [0.2, 0.25) is 0 Å². The molecule has 108 valence electrons. The van der Waals surface area contributed by atoms with E-state index in [9.17, 15) is 23.9 Å². The first-order valence-corrected chi connectivity index (χ1v) is 6.80. The minimum atomic E-state index is -5.09. The van der Waals surface area contributed by atoms with Gasteiger partial charge in [0.05, 0.1) is 7.82 Å². The van der Waals surface area contributed by atoms with Crippen molar-refractivity contribution < 1.29 is 23.3 Å². The number of rotatable bonds is 4. The molecule has 2 heterocycles. The summed E-state index contributed by atoms with van der Waals surface area (Å²) in [4.78, 5) is 45.6. The lowest BCUT2D eigenvalue weighted by molar-refractivity contribution is -0.343. The molecule has 0 saturated carbocycles. The van der Waals surface area contributed by atoms with E-state index >= 15 is 0 Å². The third-order valence-electron chi connectivity index (χ3n) is 2.37. The summed E-state index contributed by atoms with van der Waals surface area (Å²) >= 11 is 0. The van der Waals surface area contributed by atoms with Gasteiger partial charge in [-0.15, -0.1) is 0 Å². The smallest absolute Gasteiger partial charge is 0.335 e. The summed E-state index contributed by atoms with van der Waals surface area (Å²) in [7, 11) is -5.09. The summed E-state index contributed by atoms with van der Waals surface area (Å²) in [5.74, 6) is 0.0993. The number of H-pyrrole nitrogens is 1. The van der Waals surface area contributed by atoms with Crippen LogP contribution in [0.25, 0.3) is 5.88 Å². The molecule has 0 unspecified atom stereocenters. The summed E-state index contributed by atoms with van der Waals surface area (Å²) in [6, 6.07) is 2.72. The van der Waals surface area contributed by atoms with Gasteiger partial charge in [-0.25, -0.2) is 9.36 Å². The highest BCUT2D eigenvalue weighted by molar-refractivity contribution is 7.43. The molecule has 9 nitrogen and oxygen atoms in total. The fourth-order valence-corrected chi connectivity index (χ4v) is 1.73. The molecule has 0 bridgehead atoms. The van der Waals surface area contributed by atoms with Crippen molar-refractivity contribution in [2.75, 3.05) is 0 Å². The fourth-order valence-electron chi connectivity index (χ4n) is 1.45. The first-order valence-electron chi connectivity index (χ1n) is 5.34. The van der Waals surface area contributed by atoms with E-state index in [0.717, 1.165) is 4.57 Å². The van der Waals surface area contributed by atoms with Crippen molar-refractivity contribution in [2.24, 2.45) is 0 Å². The number of nitrogens with one attached hydrogen (secondary N) is 1. The van der Waals surface area contributed by atoms with Gasteiger partial charge in [-0.05, 0) is 13.0 Å². The summed E-state index contributed by atoms with van der Waals surface area (Å²) in [6.45, 7) is 0.939. The summed E-state index contributed by atoms with van der Waals surface area (Å²) in [5, 5.41) is 0. The van der Waals surface area contributed by atoms with Gasteiger partial charge in [-0.3, -0.25) is 9.78 Å². The monoisotopic (exact) mass is 300 g/mol. The van der Waals surface area contributed by atoms with Gasteiger partial charge in [0.25, 0.3) is 5.56 Å². The number of hydrogen-bond acceptors (Lipinski definition) is 7. The van der Waals surface area contributed by atoms with E-state index in [1.807, 2.05) is 0 Å². The summed E-state index contributed by atoms with van der Waals surface area (Å²) < 4.78 is 20.6. The van der Waals surface area contributed by atoms with E-state index in [4.69, 9.17) is 4.42 Å². The van der Waals surface area contributed by atoms with Gasteiger partial charge >= 0.3 is 5.69 Å². The molecule has 0 aliphatic heterocycles. The summed E-state index contributed by atoms with van der Waals surface area (Å²) in [6.07, 6.45) is 1.27. The van der Waals surface area contributed by atoms with E-state index in [1.54, 1.807) is 0 Å². The van der Waals surface area contributed by atoms with Crippen LogP contribution >= 0.6 is 7.82 Å². The second kappa shape index (κ2) is 5.22. The number of aromatic amines is 1. The molecule has 0 saturated heterocycles. The molecule has 20 heavy (non-hydrogen) atoms. The van der Waals surface area contributed by atoms with E-state index in [0.29, 0.717) is 5.56 Å². The molecule has 2 rings (SSSR count). The zero-order chi connectivity index (χ0) is 14.9. The van der Waals surface area contributed by atoms with Crippen LogP contribution in [0.3, 0.4) is 0 Å². The van der Waals surface area contributed by atoms with Crippen LogP contribution in [-0.2, 0) is 15.7 Å². The van der Waals surface area contributed by atoms with Crippen molar-refractivity contribution in [1.82, 2.24) is 9.55 Å². The van der Waals surface area contributed by atoms with Crippen LogP contribution in [0.4, 0.5) is 0 Å². The molecule has 0 spiro atoms. The normalized spacial score (nSPS) is 11.8. The highest BCUT2D eigenvalue weighted by Crippen LogP contribution is 2.27. The molecule has 0 amide bonds. The Morgan fingerprint density at radius 3 is 2.75 bits per heavy atom. The Labute approximate surface area is 111 Å². The molecule has 10 heteroatoms. The van der Waals surface area contributed by atoms with Crippen molar-refractivity contribution in [3.05, 3.63) is 50.5 Å². The highest BCUT2D eigenvalue weighted by Gasteiger charge is 2.08. The minimum Gasteiger partial charge on any atom is -0.790 e. The molecule has 0 aromatic carbocycles. The van der Waals surface area contributed by atoms with E-state index in [1.165, 1.54) is 25.3 Å². The maximum absolute atomic E-state index is 11.6. The van der Waals surface area contributed by atoms with Crippen molar-refractivity contribution >= 4 is 7.82 Å². The maximum atomic E-state index is 11.6. The molecular formula is C10H9N2O7P-2. The lowest BCUT2D eigenvalue weighted by Crippen LogP contribution is -2.29. The first-order chi connectivity index (χ1) is 9.26. The van der Waals surface area contributed by atoms with E-state index < -0.39 is 25.7 Å². The van der Waals surface area contributed by atoms with Crippen LogP contribution in [0.5, 0.6) is 0 Å². The predicted octanol–water partition coefficient (Wildman–Crippen LogP) is -1.23. The highest BCUT2D eigenvalue weighted by atomic mass is 31.2. The Hall–Kier alpha value is -1.93. The number of hydrogen-bond donors (Lipinski definition) is 1. The van der Waals surface area contributed by atoms with Gasteiger partial charge in [0.15, 0.2) is 0 Å². The molecular weight excluding hydrogens is 291 g/mol. The van der Waals surface area contributed by atoms with Gasteiger partial charge in [0, 0.05) is 17.8 Å². The largest absolute Gasteiger partial charge is 0.790 e. The molecule has 0 aliphatic carbocycles. The van der Waals surface area contributed by atoms with Crippen molar-refractivity contribution in [3.63, 3.8) is 0 Å². The van der Waals surface area contributed by atoms with Crippen LogP contribution in [0.1, 0.15) is 11.3 Å². The van der Waals surface area contributed by atoms with Gasteiger partial charge in [-0.1, -0.05) is 0 Å². The lowest BCUT2D eigenvalue weighted by Gasteiger charge is -2.27. The van der Waals surface area contributed by atoms with Crippen LogP contribution in [0.15, 0.2) is 32.3 Å². The topological polar surface area (TPSA) is 140 Å². The molecule has 2 aromatic heterocycles. The molecule has 0 atom stereocenters. The second-order valence-corrected chi connectivity index (χ2v) is 5.05. The fraction of sp³-hybridized carbons (Fsp3) is 0.200. The standard InChI is InChI=1S/C10H11N2O7P/c1-6-4-12(10(14)11-9(6)13)8-3-2-7(19-8)5-18-20(15,16)17/h2-4H,5H2,1H3,(H,11,13,14)(H2,15,16,17)/p-2. The third kappa shape index (κ3) is 3.34. The molecule has 1 N–H and O–H groups in total. The Bertz CT molecular complexity index is 781. The number of phosphoric ester groups is 1.